The summed E-state index contributed by atoms with van der Waals surface area (Å²) in [6, 6.07) is 15.5. The van der Waals surface area contributed by atoms with E-state index in [1.165, 1.54) is 11.3 Å². The van der Waals surface area contributed by atoms with Crippen molar-refractivity contribution in [3.05, 3.63) is 65.9 Å². The van der Waals surface area contributed by atoms with Crippen LogP contribution in [0, 0.1) is 0 Å². The number of amides is 4. The molecule has 0 unspecified atom stereocenters. The van der Waals surface area contributed by atoms with Gasteiger partial charge in [0, 0.05) is 48.4 Å². The number of nitrogens with zero attached hydrogens (tertiary/aromatic N) is 5. The molecule has 0 aliphatic carbocycles. The number of rotatable bonds is 8. The molecule has 2 aromatic carbocycles. The summed E-state index contributed by atoms with van der Waals surface area (Å²) in [6.45, 7) is 14.0. The zero-order chi connectivity index (χ0) is 30.5. The lowest BCUT2D eigenvalue weighted by atomic mass is 9.87. The highest BCUT2D eigenvalue weighted by Crippen LogP contribution is 2.44. The summed E-state index contributed by atoms with van der Waals surface area (Å²) in [7, 11) is 0. The summed E-state index contributed by atoms with van der Waals surface area (Å²) in [5.74, 6) is -0.291. The molecule has 3 aromatic rings. The van der Waals surface area contributed by atoms with Crippen LogP contribution < -0.4 is 15.1 Å². The van der Waals surface area contributed by atoms with Crippen LogP contribution in [-0.4, -0.2) is 76.9 Å². The minimum Gasteiger partial charge on any atom is -0.310 e. The number of hydrogen-bond acceptors (Lipinski definition) is 6. The van der Waals surface area contributed by atoms with Gasteiger partial charge in [0.25, 0.3) is 5.91 Å². The first-order valence-corrected chi connectivity index (χ1v) is 15.4. The molecule has 0 radical (unpaired) electrons. The largest absolute Gasteiger partial charge is 0.332 e. The van der Waals surface area contributed by atoms with E-state index in [1.54, 1.807) is 24.9 Å². The molecule has 1 aromatic heterocycles. The van der Waals surface area contributed by atoms with Crippen LogP contribution in [0.5, 0.6) is 0 Å². The summed E-state index contributed by atoms with van der Waals surface area (Å²) in [5.41, 5.74) is 2.77. The third kappa shape index (κ3) is 5.08. The SMILES string of the molecule is CCN1CCC[C@H]1CNCC(=O)N1CC(C)(C)c2ccc(N3C(=O)N(Cc4ccnc5ccccc45)C(C)(C)C3=O)cc21. The lowest BCUT2D eigenvalue weighted by Crippen LogP contribution is -2.44. The van der Waals surface area contributed by atoms with Crippen molar-refractivity contribution in [1.82, 2.24) is 20.1 Å². The molecule has 4 amide bonds. The molecule has 4 heterocycles. The Bertz CT molecular complexity index is 1580. The number of fused-ring (bicyclic) bond motifs is 2. The van der Waals surface area contributed by atoms with Gasteiger partial charge in [-0.15, -0.1) is 0 Å². The zero-order valence-electron chi connectivity index (χ0n) is 25.9. The van der Waals surface area contributed by atoms with Gasteiger partial charge in [0.1, 0.15) is 5.54 Å². The Labute approximate surface area is 253 Å². The van der Waals surface area contributed by atoms with Gasteiger partial charge in [-0.25, -0.2) is 9.69 Å². The molecular weight excluding hydrogens is 540 g/mol. The lowest BCUT2D eigenvalue weighted by Gasteiger charge is -2.28. The molecular formula is C34H42N6O3. The fourth-order valence-electron chi connectivity index (χ4n) is 7.02. The van der Waals surface area contributed by atoms with Crippen LogP contribution in [0.3, 0.4) is 0 Å². The number of likely N-dealkylation sites (tertiary alicyclic amines) is 1. The second-order valence-electron chi connectivity index (χ2n) is 13.2. The minimum atomic E-state index is -1.05. The first-order chi connectivity index (χ1) is 20.5. The number of pyridine rings is 1. The van der Waals surface area contributed by atoms with E-state index in [4.69, 9.17) is 0 Å². The van der Waals surface area contributed by atoms with Crippen LogP contribution in [0.2, 0.25) is 0 Å². The average Bonchev–Trinajstić information content (AvgIpc) is 3.60. The molecule has 3 aliphatic rings. The van der Waals surface area contributed by atoms with Gasteiger partial charge in [-0.2, -0.15) is 0 Å². The number of hydrogen-bond donors (Lipinski definition) is 1. The number of benzene rings is 2. The van der Waals surface area contributed by atoms with Crippen LogP contribution >= 0.6 is 0 Å². The van der Waals surface area contributed by atoms with Crippen molar-refractivity contribution in [2.45, 2.75) is 71.0 Å². The van der Waals surface area contributed by atoms with Gasteiger partial charge in [-0.05, 0) is 75.2 Å². The lowest BCUT2D eigenvalue weighted by molar-refractivity contribution is -0.123. The Morgan fingerprint density at radius 3 is 2.65 bits per heavy atom. The van der Waals surface area contributed by atoms with Crippen molar-refractivity contribution in [3.63, 3.8) is 0 Å². The van der Waals surface area contributed by atoms with Gasteiger partial charge in [0.15, 0.2) is 0 Å². The molecule has 9 heteroatoms. The number of aromatic nitrogens is 1. The van der Waals surface area contributed by atoms with Crippen LogP contribution in [0.25, 0.3) is 10.9 Å². The second-order valence-corrected chi connectivity index (χ2v) is 13.2. The Morgan fingerprint density at radius 1 is 1.07 bits per heavy atom. The van der Waals surface area contributed by atoms with Gasteiger partial charge < -0.3 is 15.1 Å². The third-order valence-electron chi connectivity index (χ3n) is 9.57. The quantitative estimate of drug-likeness (QED) is 0.388. The number of carbonyl (C=O) groups excluding carboxylic acids is 3. The van der Waals surface area contributed by atoms with Crippen molar-refractivity contribution < 1.29 is 14.4 Å². The number of imide groups is 1. The molecule has 0 bridgehead atoms. The number of para-hydroxylation sites is 1. The summed E-state index contributed by atoms with van der Waals surface area (Å²) >= 11 is 0. The highest BCUT2D eigenvalue weighted by atomic mass is 16.2. The first-order valence-electron chi connectivity index (χ1n) is 15.4. The highest BCUT2D eigenvalue weighted by molar-refractivity contribution is 6.23. The number of anilines is 2. The fourth-order valence-corrected chi connectivity index (χ4v) is 7.02. The number of likely N-dealkylation sites (N-methyl/N-ethyl adjacent to an activating group) is 1. The standard InChI is InChI=1S/C34H42N6O3/c1-6-37-17-9-10-25(37)19-35-20-30(41)38-22-33(2,3)27-14-13-24(18-29(27)38)40-31(42)34(4,5)39(32(40)43)21-23-15-16-36-28-12-8-7-11-26(23)28/h7-8,11-16,18,25,35H,6,9-10,17,19-22H2,1-5H3/t25-/m0/s1. The predicted octanol–water partition coefficient (Wildman–Crippen LogP) is 4.68. The van der Waals surface area contributed by atoms with Gasteiger partial charge in [-0.1, -0.05) is 45.0 Å². The Balaban J connectivity index is 1.24. The molecule has 226 valence electrons. The highest BCUT2D eigenvalue weighted by Gasteiger charge is 2.52. The first kappa shape index (κ1) is 29.3. The Hall–Kier alpha value is -3.82. The van der Waals surface area contributed by atoms with E-state index >= 15 is 0 Å². The molecule has 0 saturated carbocycles. The van der Waals surface area contributed by atoms with E-state index in [-0.39, 0.29) is 36.3 Å². The maximum Gasteiger partial charge on any atom is 0.332 e. The molecule has 9 nitrogen and oxygen atoms in total. The van der Waals surface area contributed by atoms with E-state index in [0.717, 1.165) is 53.8 Å². The van der Waals surface area contributed by atoms with E-state index in [1.807, 2.05) is 53.4 Å². The number of urea groups is 1. The van der Waals surface area contributed by atoms with E-state index in [0.29, 0.717) is 18.3 Å². The minimum absolute atomic E-state index is 0.00406. The molecule has 1 N–H and O–H groups in total. The van der Waals surface area contributed by atoms with E-state index < -0.39 is 5.54 Å². The molecule has 3 aliphatic heterocycles. The predicted molar refractivity (Wildman–Crippen MR) is 169 cm³/mol. The van der Waals surface area contributed by atoms with Gasteiger partial charge in [0.05, 0.1) is 17.7 Å². The summed E-state index contributed by atoms with van der Waals surface area (Å²) in [6.07, 6.45) is 4.09. The maximum absolute atomic E-state index is 14.0. The fraction of sp³-hybridized carbons (Fsp3) is 0.471. The van der Waals surface area contributed by atoms with Crippen molar-refractivity contribution >= 4 is 40.1 Å². The van der Waals surface area contributed by atoms with Crippen molar-refractivity contribution in [2.24, 2.45) is 0 Å². The van der Waals surface area contributed by atoms with Crippen molar-refractivity contribution in [1.29, 1.82) is 0 Å². The van der Waals surface area contributed by atoms with Crippen LogP contribution in [0.1, 0.15) is 58.6 Å². The van der Waals surface area contributed by atoms with Crippen LogP contribution in [-0.2, 0) is 21.5 Å². The van der Waals surface area contributed by atoms with Gasteiger partial charge in [-0.3, -0.25) is 19.5 Å². The third-order valence-corrected chi connectivity index (χ3v) is 9.57. The average molecular weight is 583 g/mol. The molecule has 1 atom stereocenters. The topological polar surface area (TPSA) is 89.1 Å². The monoisotopic (exact) mass is 582 g/mol. The van der Waals surface area contributed by atoms with Crippen LogP contribution in [0.4, 0.5) is 16.2 Å². The molecule has 2 saturated heterocycles. The number of carbonyl (C=O) groups is 3. The van der Waals surface area contributed by atoms with Gasteiger partial charge >= 0.3 is 6.03 Å². The summed E-state index contributed by atoms with van der Waals surface area (Å²) < 4.78 is 0. The maximum atomic E-state index is 14.0. The molecule has 43 heavy (non-hydrogen) atoms. The van der Waals surface area contributed by atoms with E-state index in [2.05, 4.69) is 36.0 Å². The molecule has 0 spiro atoms. The van der Waals surface area contributed by atoms with Crippen molar-refractivity contribution in [2.75, 3.05) is 42.5 Å². The zero-order valence-corrected chi connectivity index (χ0v) is 25.9. The second kappa shape index (κ2) is 11.0. The Kier molecular flexibility index (Phi) is 7.50. The molecule has 6 rings (SSSR count). The van der Waals surface area contributed by atoms with Gasteiger partial charge in [0.2, 0.25) is 5.91 Å². The normalized spacial score (nSPS) is 21.3. The van der Waals surface area contributed by atoms with Crippen LogP contribution in [0.15, 0.2) is 54.7 Å². The Morgan fingerprint density at radius 2 is 1.86 bits per heavy atom. The summed E-state index contributed by atoms with van der Waals surface area (Å²) in [4.78, 5) is 52.9. The molecule has 2 fully saturated rings. The number of nitrogens with one attached hydrogen (secondary N) is 1. The van der Waals surface area contributed by atoms with E-state index in [9.17, 15) is 14.4 Å². The summed E-state index contributed by atoms with van der Waals surface area (Å²) in [5, 5.41) is 4.36. The smallest absolute Gasteiger partial charge is 0.310 e. The van der Waals surface area contributed by atoms with Crippen molar-refractivity contribution in [3.8, 4) is 0 Å².